The molecule has 1 unspecified atom stereocenters. The largest absolute Gasteiger partial charge is 0.344 e. The minimum Gasteiger partial charge on any atom is -0.344 e. The maximum atomic E-state index is 12.8. The van der Waals surface area contributed by atoms with Gasteiger partial charge in [-0.15, -0.1) is 17.5 Å². The fourth-order valence-electron chi connectivity index (χ4n) is 3.57. The molecule has 1 fully saturated rings. The molecule has 0 radical (unpaired) electrons. The van der Waals surface area contributed by atoms with Gasteiger partial charge in [0, 0.05) is 6.54 Å². The van der Waals surface area contributed by atoms with Crippen molar-refractivity contribution in [3.63, 3.8) is 0 Å². The lowest BCUT2D eigenvalue weighted by Gasteiger charge is -2.29. The van der Waals surface area contributed by atoms with E-state index >= 15 is 0 Å². The third-order valence-corrected chi connectivity index (χ3v) is 5.63. The van der Waals surface area contributed by atoms with Gasteiger partial charge in [-0.25, -0.2) is 4.68 Å². The van der Waals surface area contributed by atoms with Crippen LogP contribution in [0, 0.1) is 12.8 Å². The summed E-state index contributed by atoms with van der Waals surface area (Å²) in [7, 11) is 0. The number of carbonyl (C=O) groups is 1. The summed E-state index contributed by atoms with van der Waals surface area (Å²) in [6.07, 6.45) is 2.21. The van der Waals surface area contributed by atoms with Gasteiger partial charge in [0.15, 0.2) is 5.69 Å². The highest BCUT2D eigenvalue weighted by molar-refractivity contribution is 5.93. The van der Waals surface area contributed by atoms with E-state index in [1.807, 2.05) is 56.3 Å². The Bertz CT molecular complexity index is 982. The van der Waals surface area contributed by atoms with E-state index in [0.29, 0.717) is 23.9 Å². The SMILES string of the molecule is Cc1c(C(=O)NC(C)(CN)C2CC2)nnn1-c1ccc(-c2ccccc2)cc1.Cl. The van der Waals surface area contributed by atoms with Gasteiger partial charge in [0.2, 0.25) is 0 Å². The molecule has 1 aliphatic rings. The van der Waals surface area contributed by atoms with Crippen LogP contribution in [-0.4, -0.2) is 33.0 Å². The highest BCUT2D eigenvalue weighted by atomic mass is 35.5. The van der Waals surface area contributed by atoms with Crippen LogP contribution in [0.15, 0.2) is 54.6 Å². The number of nitrogens with two attached hydrogens (primary N) is 1. The van der Waals surface area contributed by atoms with Crippen molar-refractivity contribution in [2.45, 2.75) is 32.2 Å². The highest BCUT2D eigenvalue weighted by Crippen LogP contribution is 2.39. The van der Waals surface area contributed by atoms with E-state index in [0.717, 1.165) is 29.7 Å². The van der Waals surface area contributed by atoms with Crippen molar-refractivity contribution in [1.82, 2.24) is 20.3 Å². The molecule has 29 heavy (non-hydrogen) atoms. The summed E-state index contributed by atoms with van der Waals surface area (Å²) < 4.78 is 1.70. The molecule has 1 aliphatic carbocycles. The lowest BCUT2D eigenvalue weighted by Crippen LogP contribution is -2.53. The van der Waals surface area contributed by atoms with Crippen molar-refractivity contribution >= 4 is 18.3 Å². The van der Waals surface area contributed by atoms with E-state index in [1.165, 1.54) is 0 Å². The Balaban J connectivity index is 0.00000240. The third kappa shape index (κ3) is 4.18. The fourth-order valence-corrected chi connectivity index (χ4v) is 3.57. The molecule has 3 aromatic rings. The van der Waals surface area contributed by atoms with Crippen molar-refractivity contribution in [1.29, 1.82) is 0 Å². The van der Waals surface area contributed by atoms with Crippen LogP contribution >= 0.6 is 12.4 Å². The molecular weight excluding hydrogens is 386 g/mol. The summed E-state index contributed by atoms with van der Waals surface area (Å²) in [6, 6.07) is 18.3. The van der Waals surface area contributed by atoms with Crippen LogP contribution in [0.25, 0.3) is 16.8 Å². The number of benzene rings is 2. The molecule has 1 aromatic heterocycles. The maximum absolute atomic E-state index is 12.8. The van der Waals surface area contributed by atoms with Crippen molar-refractivity contribution < 1.29 is 4.79 Å². The average molecular weight is 412 g/mol. The Morgan fingerprint density at radius 3 is 2.34 bits per heavy atom. The molecule has 0 spiro atoms. The number of nitrogens with one attached hydrogen (secondary N) is 1. The van der Waals surface area contributed by atoms with Crippen LogP contribution in [0.3, 0.4) is 0 Å². The molecule has 0 saturated heterocycles. The molecule has 0 aliphatic heterocycles. The smallest absolute Gasteiger partial charge is 0.274 e. The number of amides is 1. The van der Waals surface area contributed by atoms with Gasteiger partial charge in [-0.1, -0.05) is 47.7 Å². The second kappa shape index (κ2) is 8.35. The predicted molar refractivity (Wildman–Crippen MR) is 116 cm³/mol. The zero-order valence-electron chi connectivity index (χ0n) is 16.6. The average Bonchev–Trinajstić information content (AvgIpc) is 3.52. The topological polar surface area (TPSA) is 85.8 Å². The first kappa shape index (κ1) is 21.0. The molecule has 3 N–H and O–H groups in total. The molecular formula is C22H26ClN5O. The number of hydrogen-bond acceptors (Lipinski definition) is 4. The van der Waals surface area contributed by atoms with Crippen LogP contribution in [0.2, 0.25) is 0 Å². The monoisotopic (exact) mass is 411 g/mol. The summed E-state index contributed by atoms with van der Waals surface area (Å²) in [6.45, 7) is 4.28. The van der Waals surface area contributed by atoms with E-state index in [2.05, 4.69) is 27.8 Å². The number of nitrogens with zero attached hydrogens (tertiary/aromatic N) is 3. The summed E-state index contributed by atoms with van der Waals surface area (Å²) >= 11 is 0. The molecule has 2 aromatic carbocycles. The molecule has 1 amide bonds. The fraction of sp³-hybridized carbons (Fsp3) is 0.318. The highest BCUT2D eigenvalue weighted by Gasteiger charge is 2.42. The lowest BCUT2D eigenvalue weighted by molar-refractivity contribution is 0.0892. The number of rotatable bonds is 6. The van der Waals surface area contributed by atoms with Gasteiger partial charge in [-0.3, -0.25) is 4.79 Å². The van der Waals surface area contributed by atoms with Gasteiger partial charge in [0.1, 0.15) is 0 Å². The van der Waals surface area contributed by atoms with E-state index < -0.39 is 0 Å². The zero-order valence-corrected chi connectivity index (χ0v) is 17.4. The number of aromatic nitrogens is 3. The molecule has 4 rings (SSSR count). The Hall–Kier alpha value is -2.70. The number of hydrogen-bond donors (Lipinski definition) is 2. The molecule has 1 heterocycles. The van der Waals surface area contributed by atoms with E-state index in [1.54, 1.807) is 4.68 Å². The van der Waals surface area contributed by atoms with Gasteiger partial charge in [-0.2, -0.15) is 0 Å². The molecule has 152 valence electrons. The maximum Gasteiger partial charge on any atom is 0.274 e. The van der Waals surface area contributed by atoms with Crippen molar-refractivity contribution in [2.24, 2.45) is 11.7 Å². The second-order valence-corrected chi connectivity index (χ2v) is 7.70. The quantitative estimate of drug-likeness (QED) is 0.649. The first-order valence-corrected chi connectivity index (χ1v) is 9.62. The lowest BCUT2D eigenvalue weighted by atomic mass is 9.95. The van der Waals surface area contributed by atoms with Crippen molar-refractivity contribution in [3.8, 4) is 16.8 Å². The standard InChI is InChI=1S/C22H25N5O.ClH/c1-15-20(21(28)24-22(2,14-23)18-10-11-18)25-26-27(15)19-12-8-17(9-13-19)16-6-4-3-5-7-16;/h3-9,12-13,18H,10-11,14,23H2,1-2H3,(H,24,28);1H. The summed E-state index contributed by atoms with van der Waals surface area (Å²) in [5, 5.41) is 11.4. The molecule has 1 saturated carbocycles. The first-order valence-electron chi connectivity index (χ1n) is 9.62. The molecule has 7 heteroatoms. The molecule has 1 atom stereocenters. The molecule has 6 nitrogen and oxygen atoms in total. The van der Waals surface area contributed by atoms with Crippen LogP contribution in [0.4, 0.5) is 0 Å². The van der Waals surface area contributed by atoms with Crippen LogP contribution < -0.4 is 11.1 Å². The first-order chi connectivity index (χ1) is 13.5. The minimum absolute atomic E-state index is 0. The van der Waals surface area contributed by atoms with Gasteiger partial charge in [0.05, 0.1) is 16.9 Å². The third-order valence-electron chi connectivity index (χ3n) is 5.63. The second-order valence-electron chi connectivity index (χ2n) is 7.70. The minimum atomic E-state index is -0.384. The Kier molecular flexibility index (Phi) is 6.05. The van der Waals surface area contributed by atoms with Gasteiger partial charge >= 0.3 is 0 Å². The van der Waals surface area contributed by atoms with Crippen LogP contribution in [-0.2, 0) is 0 Å². The van der Waals surface area contributed by atoms with Gasteiger partial charge in [0.25, 0.3) is 5.91 Å². The van der Waals surface area contributed by atoms with Crippen LogP contribution in [0.5, 0.6) is 0 Å². The van der Waals surface area contributed by atoms with Crippen molar-refractivity contribution in [2.75, 3.05) is 6.54 Å². The Labute approximate surface area is 176 Å². The normalized spacial score (nSPS) is 15.3. The van der Waals surface area contributed by atoms with E-state index in [9.17, 15) is 4.79 Å². The molecule has 0 bridgehead atoms. The van der Waals surface area contributed by atoms with Crippen molar-refractivity contribution in [3.05, 3.63) is 66.0 Å². The summed E-state index contributed by atoms with van der Waals surface area (Å²) in [5.41, 5.74) is 9.73. The van der Waals surface area contributed by atoms with Crippen LogP contribution in [0.1, 0.15) is 35.9 Å². The predicted octanol–water partition coefficient (Wildman–Crippen LogP) is 3.52. The Morgan fingerprint density at radius 2 is 1.76 bits per heavy atom. The zero-order chi connectivity index (χ0) is 19.7. The summed E-state index contributed by atoms with van der Waals surface area (Å²) in [4.78, 5) is 12.8. The van der Waals surface area contributed by atoms with E-state index in [4.69, 9.17) is 5.73 Å². The Morgan fingerprint density at radius 1 is 1.14 bits per heavy atom. The summed E-state index contributed by atoms with van der Waals surface area (Å²) in [5.74, 6) is 0.229. The van der Waals surface area contributed by atoms with Gasteiger partial charge in [-0.05, 0) is 55.9 Å². The number of carbonyl (C=O) groups excluding carboxylic acids is 1. The van der Waals surface area contributed by atoms with Gasteiger partial charge < -0.3 is 11.1 Å². The van der Waals surface area contributed by atoms with E-state index in [-0.39, 0.29) is 23.9 Å². The number of halogens is 1.